The quantitative estimate of drug-likeness (QED) is 0.412. The van der Waals surface area contributed by atoms with Crippen LogP contribution in [-0.4, -0.2) is 35.9 Å². The fraction of sp³-hybridized carbons (Fsp3) is 0.929. The first kappa shape index (κ1) is 21.1. The molecule has 0 aromatic heterocycles. The Balaban J connectivity index is 3.75. The summed E-state index contributed by atoms with van der Waals surface area (Å²) in [6, 6.07) is 0. The van der Waals surface area contributed by atoms with Gasteiger partial charge in [-0.05, 0) is 19.3 Å². The summed E-state index contributed by atoms with van der Waals surface area (Å²) in [6.07, 6.45) is -4.76. The predicted octanol–water partition coefficient (Wildman–Crippen LogP) is 4.79. The Morgan fingerprint density at radius 1 is 1.05 bits per heavy atom. The Bertz CT molecular complexity index is 318. The van der Waals surface area contributed by atoms with E-state index in [1.165, 1.54) is 0 Å². The van der Waals surface area contributed by atoms with E-state index in [4.69, 9.17) is 9.84 Å². The van der Waals surface area contributed by atoms with E-state index in [1.807, 2.05) is 6.92 Å². The lowest BCUT2D eigenvalue weighted by Gasteiger charge is -2.19. The van der Waals surface area contributed by atoms with Crippen molar-refractivity contribution in [2.24, 2.45) is 0 Å². The number of ether oxygens (including phenoxy) is 1. The summed E-state index contributed by atoms with van der Waals surface area (Å²) in [6.45, 7) is 2.09. The summed E-state index contributed by atoms with van der Waals surface area (Å²) in [4.78, 5) is 10.9. The topological polar surface area (TPSA) is 46.5 Å². The van der Waals surface area contributed by atoms with E-state index in [2.05, 4.69) is 0 Å². The lowest BCUT2D eigenvalue weighted by atomic mass is 10.1. The van der Waals surface area contributed by atoms with Crippen LogP contribution in [0, 0.1) is 0 Å². The second-order valence-corrected chi connectivity index (χ2v) is 5.21. The molecule has 0 spiro atoms. The summed E-state index contributed by atoms with van der Waals surface area (Å²) in [5.74, 6) is -5.68. The molecular formula is C14H23F5O3. The molecule has 0 bridgehead atoms. The molecule has 8 heteroatoms. The number of unbranched alkanes of at least 4 members (excludes halogenated alkanes) is 4. The number of aliphatic carboxylic acids is 1. The van der Waals surface area contributed by atoms with Crippen LogP contribution in [0.25, 0.3) is 0 Å². The van der Waals surface area contributed by atoms with E-state index in [1.54, 1.807) is 0 Å². The van der Waals surface area contributed by atoms with Gasteiger partial charge in [0.15, 0.2) is 6.10 Å². The number of carboxylic acid groups (broad SMARTS) is 1. The maximum atomic E-state index is 12.6. The molecule has 22 heavy (non-hydrogen) atoms. The minimum absolute atomic E-state index is 0.163. The van der Waals surface area contributed by atoms with Crippen molar-refractivity contribution < 1.29 is 36.6 Å². The van der Waals surface area contributed by atoms with Crippen LogP contribution in [0.1, 0.15) is 58.3 Å². The number of halogens is 5. The van der Waals surface area contributed by atoms with E-state index < -0.39 is 30.6 Å². The zero-order valence-electron chi connectivity index (χ0n) is 12.6. The van der Waals surface area contributed by atoms with Crippen molar-refractivity contribution in [1.82, 2.24) is 0 Å². The Labute approximate surface area is 126 Å². The molecule has 1 N–H and O–H groups in total. The lowest BCUT2D eigenvalue weighted by molar-refractivity contribution is -0.284. The van der Waals surface area contributed by atoms with Crippen LogP contribution in [-0.2, 0) is 9.53 Å². The van der Waals surface area contributed by atoms with Gasteiger partial charge in [-0.15, -0.1) is 0 Å². The normalized spacial score (nSPS) is 14.1. The van der Waals surface area contributed by atoms with Gasteiger partial charge in [0.25, 0.3) is 0 Å². The van der Waals surface area contributed by atoms with Crippen molar-refractivity contribution in [1.29, 1.82) is 0 Å². The number of hydrogen-bond donors (Lipinski definition) is 1. The number of hydrogen-bond acceptors (Lipinski definition) is 2. The van der Waals surface area contributed by atoms with Crippen LogP contribution in [0.3, 0.4) is 0 Å². The van der Waals surface area contributed by atoms with Gasteiger partial charge >= 0.3 is 18.1 Å². The molecule has 0 aliphatic rings. The molecule has 0 aromatic rings. The molecule has 0 aliphatic heterocycles. The van der Waals surface area contributed by atoms with E-state index in [0.717, 1.165) is 12.8 Å². The first-order valence-electron chi connectivity index (χ1n) is 7.40. The Hall–Kier alpha value is -0.920. The monoisotopic (exact) mass is 334 g/mol. The van der Waals surface area contributed by atoms with Crippen molar-refractivity contribution in [3.63, 3.8) is 0 Å². The van der Waals surface area contributed by atoms with Crippen LogP contribution >= 0.6 is 0 Å². The molecule has 0 rings (SSSR count). The van der Waals surface area contributed by atoms with Crippen LogP contribution in [0.4, 0.5) is 22.0 Å². The van der Waals surface area contributed by atoms with Gasteiger partial charge in [0, 0.05) is 13.0 Å². The number of carboxylic acids is 1. The minimum atomic E-state index is -5.50. The highest BCUT2D eigenvalue weighted by molar-refractivity contribution is 5.72. The second-order valence-electron chi connectivity index (χ2n) is 5.21. The maximum absolute atomic E-state index is 12.6. The zero-order valence-corrected chi connectivity index (χ0v) is 12.6. The van der Waals surface area contributed by atoms with Gasteiger partial charge in [0.05, 0.1) is 0 Å². The van der Waals surface area contributed by atoms with E-state index in [-0.39, 0.29) is 19.4 Å². The van der Waals surface area contributed by atoms with Gasteiger partial charge in [-0.2, -0.15) is 22.0 Å². The van der Waals surface area contributed by atoms with Gasteiger partial charge in [-0.3, -0.25) is 0 Å². The van der Waals surface area contributed by atoms with Crippen molar-refractivity contribution >= 4 is 5.97 Å². The first-order valence-corrected chi connectivity index (χ1v) is 7.40. The highest BCUT2D eigenvalue weighted by Gasteiger charge is 2.56. The predicted molar refractivity (Wildman–Crippen MR) is 71.0 cm³/mol. The minimum Gasteiger partial charge on any atom is -0.479 e. The largest absolute Gasteiger partial charge is 0.479 e. The molecule has 0 saturated heterocycles. The molecule has 0 fully saturated rings. The highest BCUT2D eigenvalue weighted by Crippen LogP contribution is 2.39. The fourth-order valence-electron chi connectivity index (χ4n) is 1.84. The molecule has 1 unspecified atom stereocenters. The van der Waals surface area contributed by atoms with Crippen molar-refractivity contribution in [2.45, 2.75) is 76.5 Å². The van der Waals surface area contributed by atoms with E-state index >= 15 is 0 Å². The van der Waals surface area contributed by atoms with Crippen molar-refractivity contribution in [2.75, 3.05) is 6.61 Å². The average Bonchev–Trinajstić information content (AvgIpc) is 2.39. The van der Waals surface area contributed by atoms with Crippen LogP contribution in [0.15, 0.2) is 0 Å². The molecule has 0 aliphatic carbocycles. The fourth-order valence-corrected chi connectivity index (χ4v) is 1.84. The van der Waals surface area contributed by atoms with Crippen molar-refractivity contribution in [3.8, 4) is 0 Å². The average molecular weight is 334 g/mol. The van der Waals surface area contributed by atoms with Crippen LogP contribution < -0.4 is 0 Å². The summed E-state index contributed by atoms with van der Waals surface area (Å²) < 4.78 is 66.1. The molecule has 132 valence electrons. The summed E-state index contributed by atoms with van der Waals surface area (Å²) in [5.41, 5.74) is 0. The van der Waals surface area contributed by atoms with Gasteiger partial charge in [0.1, 0.15) is 0 Å². The van der Waals surface area contributed by atoms with Gasteiger partial charge < -0.3 is 9.84 Å². The van der Waals surface area contributed by atoms with Gasteiger partial charge in [0.2, 0.25) is 0 Å². The number of alkyl halides is 5. The molecule has 3 nitrogen and oxygen atoms in total. The number of carbonyl (C=O) groups is 1. The molecule has 0 saturated carbocycles. The molecule has 0 amide bonds. The molecular weight excluding hydrogens is 311 g/mol. The smallest absolute Gasteiger partial charge is 0.453 e. The van der Waals surface area contributed by atoms with Gasteiger partial charge in [-0.1, -0.05) is 32.6 Å². The van der Waals surface area contributed by atoms with E-state index in [9.17, 15) is 26.7 Å². The molecule has 0 aromatic carbocycles. The SMILES string of the molecule is CCCCC(OCCCCCCC(F)(F)C(F)(F)F)C(=O)O. The Kier molecular flexibility index (Phi) is 9.55. The highest BCUT2D eigenvalue weighted by atomic mass is 19.4. The Morgan fingerprint density at radius 3 is 2.14 bits per heavy atom. The lowest BCUT2D eigenvalue weighted by Crippen LogP contribution is -2.36. The molecule has 0 radical (unpaired) electrons. The second kappa shape index (κ2) is 9.97. The standard InChI is InChI=1S/C14H23F5O3/c1-2-3-8-11(12(20)21)22-10-7-5-4-6-9-13(15,16)14(17,18)19/h11H,2-10H2,1H3,(H,20,21). The molecule has 1 atom stereocenters. The molecule has 0 heterocycles. The third-order valence-corrected chi connectivity index (χ3v) is 3.21. The van der Waals surface area contributed by atoms with Gasteiger partial charge in [-0.25, -0.2) is 4.79 Å². The summed E-state index contributed by atoms with van der Waals surface area (Å²) in [5, 5.41) is 8.89. The maximum Gasteiger partial charge on any atom is 0.453 e. The first-order chi connectivity index (χ1) is 10.1. The number of rotatable bonds is 12. The van der Waals surface area contributed by atoms with Crippen LogP contribution in [0.5, 0.6) is 0 Å². The summed E-state index contributed by atoms with van der Waals surface area (Å²) >= 11 is 0. The third-order valence-electron chi connectivity index (χ3n) is 3.21. The third kappa shape index (κ3) is 8.51. The van der Waals surface area contributed by atoms with E-state index in [0.29, 0.717) is 19.3 Å². The summed E-state index contributed by atoms with van der Waals surface area (Å²) in [7, 11) is 0. The Morgan fingerprint density at radius 2 is 1.64 bits per heavy atom. The van der Waals surface area contributed by atoms with Crippen molar-refractivity contribution in [3.05, 3.63) is 0 Å². The zero-order chi connectivity index (χ0) is 17.2. The van der Waals surface area contributed by atoms with Crippen LogP contribution in [0.2, 0.25) is 0 Å².